The van der Waals surface area contributed by atoms with E-state index in [9.17, 15) is 19.8 Å². The molecule has 176 valence electrons. The van der Waals surface area contributed by atoms with E-state index >= 15 is 0 Å². The van der Waals surface area contributed by atoms with Gasteiger partial charge in [0.05, 0.1) is 6.61 Å². The molecule has 0 aliphatic carbocycles. The molecule has 0 aliphatic rings. The Kier molecular flexibility index (Phi) is 12.7. The van der Waals surface area contributed by atoms with E-state index in [2.05, 4.69) is 17.9 Å². The number of hydroxylamine groups is 2. The number of hydrogen-bond acceptors (Lipinski definition) is 7. The summed E-state index contributed by atoms with van der Waals surface area (Å²) in [5, 5.41) is 23.9. The van der Waals surface area contributed by atoms with E-state index in [1.54, 1.807) is 6.92 Å². The average molecular weight is 456 g/mol. The van der Waals surface area contributed by atoms with Crippen LogP contribution in [0.4, 0.5) is 0 Å². The fraction of sp³-hybridized carbons (Fsp3) is 0.636. The van der Waals surface area contributed by atoms with Crippen molar-refractivity contribution in [1.29, 1.82) is 0 Å². The highest BCUT2D eigenvalue weighted by Crippen LogP contribution is 2.26. The summed E-state index contributed by atoms with van der Waals surface area (Å²) in [7, 11) is 0. The number of aliphatic hydroxyl groups excluding tert-OH is 1. The molecule has 0 radical (unpaired) electrons. The topological polar surface area (TPSA) is 125 Å². The van der Waals surface area contributed by atoms with Gasteiger partial charge in [0, 0.05) is 37.3 Å². The van der Waals surface area contributed by atoms with Crippen molar-refractivity contribution in [3.05, 3.63) is 35.9 Å². The van der Waals surface area contributed by atoms with Crippen LogP contribution in [0.15, 0.2) is 30.3 Å². The molecule has 1 aromatic rings. The van der Waals surface area contributed by atoms with E-state index in [0.717, 1.165) is 23.5 Å². The molecule has 0 spiro atoms. The van der Waals surface area contributed by atoms with Crippen molar-refractivity contribution in [3.8, 4) is 0 Å². The highest BCUT2D eigenvalue weighted by Gasteiger charge is 2.52. The Morgan fingerprint density at radius 2 is 1.97 bits per heavy atom. The van der Waals surface area contributed by atoms with Gasteiger partial charge in [0.25, 0.3) is 0 Å². The summed E-state index contributed by atoms with van der Waals surface area (Å²) in [5.74, 6) is -2.32. The summed E-state index contributed by atoms with van der Waals surface area (Å²) in [4.78, 5) is 31.5. The van der Waals surface area contributed by atoms with Crippen molar-refractivity contribution in [2.45, 2.75) is 57.7 Å². The lowest BCUT2D eigenvalue weighted by Gasteiger charge is -2.43. The smallest absolute Gasteiger partial charge is 0.347 e. The minimum atomic E-state index is -1.96. The number of unbranched alkanes of at least 4 members (excludes halogenated alkanes) is 2. The zero-order valence-corrected chi connectivity index (χ0v) is 19.4. The maximum atomic E-state index is 13.2. The third-order valence-electron chi connectivity index (χ3n) is 5.17. The Morgan fingerprint density at radius 1 is 1.29 bits per heavy atom. The highest BCUT2D eigenvalue weighted by molar-refractivity contribution is 7.80. The van der Waals surface area contributed by atoms with E-state index in [1.165, 1.54) is 0 Å². The molecule has 0 bridgehead atoms. The predicted octanol–water partition coefficient (Wildman–Crippen LogP) is 1.83. The van der Waals surface area contributed by atoms with Crippen LogP contribution in [0.3, 0.4) is 0 Å². The molecule has 31 heavy (non-hydrogen) atoms. The molecular weight excluding hydrogens is 418 g/mol. The molecule has 0 fully saturated rings. The largest absolute Gasteiger partial charge is 0.478 e. The Balaban J connectivity index is 3.20. The van der Waals surface area contributed by atoms with E-state index in [4.69, 9.17) is 10.6 Å². The number of nitrogens with one attached hydrogen (secondary N) is 1. The molecule has 1 amide bonds. The van der Waals surface area contributed by atoms with Crippen molar-refractivity contribution in [3.63, 3.8) is 0 Å². The van der Waals surface area contributed by atoms with Crippen LogP contribution in [0.1, 0.15) is 45.1 Å². The highest BCUT2D eigenvalue weighted by atomic mass is 32.1. The zero-order chi connectivity index (χ0) is 23.3. The van der Waals surface area contributed by atoms with Gasteiger partial charge in [0.15, 0.2) is 0 Å². The average Bonchev–Trinajstić information content (AvgIpc) is 2.78. The molecule has 1 aromatic carbocycles. The molecule has 0 aromatic heterocycles. The number of carbonyl (C=O) groups is 2. The van der Waals surface area contributed by atoms with Gasteiger partial charge in [0.1, 0.15) is 0 Å². The number of aryl methyl sites for hydroxylation is 1. The number of hydrogen-bond donors (Lipinski definition) is 5. The first-order valence-electron chi connectivity index (χ1n) is 10.8. The first kappa shape index (κ1) is 27.4. The van der Waals surface area contributed by atoms with Gasteiger partial charge in [-0.3, -0.25) is 14.9 Å². The fourth-order valence-corrected chi connectivity index (χ4v) is 3.31. The predicted molar refractivity (Wildman–Crippen MR) is 124 cm³/mol. The van der Waals surface area contributed by atoms with Gasteiger partial charge < -0.3 is 15.9 Å². The minimum Gasteiger partial charge on any atom is -0.478 e. The number of nitrogens with two attached hydrogens (primary N) is 1. The Hall–Kier alpha value is -1.65. The summed E-state index contributed by atoms with van der Waals surface area (Å²) in [6.07, 6.45) is 3.02. The van der Waals surface area contributed by atoms with Crippen molar-refractivity contribution in [2.75, 3.05) is 25.5 Å². The number of benzene rings is 1. The van der Waals surface area contributed by atoms with Crippen LogP contribution in [-0.4, -0.2) is 64.4 Å². The summed E-state index contributed by atoms with van der Waals surface area (Å²) >= 11 is 4.14. The van der Waals surface area contributed by atoms with Gasteiger partial charge in [-0.05, 0) is 18.4 Å². The van der Waals surface area contributed by atoms with Gasteiger partial charge in [0.2, 0.25) is 11.6 Å². The Labute approximate surface area is 190 Å². The van der Waals surface area contributed by atoms with Crippen molar-refractivity contribution < 1.29 is 24.6 Å². The number of carboxylic acids is 1. The second-order valence-corrected chi connectivity index (χ2v) is 8.06. The van der Waals surface area contributed by atoms with Gasteiger partial charge >= 0.3 is 5.97 Å². The molecule has 8 nitrogen and oxygen atoms in total. The normalized spacial score (nSPS) is 15.1. The molecule has 0 saturated heterocycles. The van der Waals surface area contributed by atoms with Crippen molar-refractivity contribution >= 4 is 24.5 Å². The third-order valence-corrected chi connectivity index (χ3v) is 5.64. The first-order valence-corrected chi connectivity index (χ1v) is 11.4. The van der Waals surface area contributed by atoms with E-state index in [1.807, 2.05) is 37.3 Å². The number of nitrogens with zero attached hydrogens (tertiary/aromatic N) is 1. The van der Waals surface area contributed by atoms with E-state index in [-0.39, 0.29) is 19.6 Å². The molecule has 3 atom stereocenters. The first-order chi connectivity index (χ1) is 14.8. The maximum absolute atomic E-state index is 13.2. The molecule has 5 N–H and O–H groups in total. The Morgan fingerprint density at radius 3 is 2.52 bits per heavy atom. The van der Waals surface area contributed by atoms with Gasteiger partial charge in [-0.25, -0.2) is 4.79 Å². The van der Waals surface area contributed by atoms with Gasteiger partial charge in [-0.1, -0.05) is 57.0 Å². The van der Waals surface area contributed by atoms with Crippen molar-refractivity contribution in [2.24, 2.45) is 11.7 Å². The summed E-state index contributed by atoms with van der Waals surface area (Å²) in [5.41, 5.74) is 4.93. The summed E-state index contributed by atoms with van der Waals surface area (Å²) in [6, 6.07) is 9.04. The number of thiol groups is 1. The van der Waals surface area contributed by atoms with E-state index in [0.29, 0.717) is 18.6 Å². The van der Waals surface area contributed by atoms with Crippen LogP contribution >= 0.6 is 12.6 Å². The Bertz CT molecular complexity index is 664. The van der Waals surface area contributed by atoms with Crippen LogP contribution in [0.25, 0.3) is 0 Å². The number of carboxylic acid groups (broad SMARTS) is 1. The minimum absolute atomic E-state index is 0.0608. The third kappa shape index (κ3) is 8.08. The van der Waals surface area contributed by atoms with E-state index < -0.39 is 36.1 Å². The van der Waals surface area contributed by atoms with Crippen LogP contribution in [0.2, 0.25) is 0 Å². The summed E-state index contributed by atoms with van der Waals surface area (Å²) in [6.45, 7) is 3.41. The molecule has 1 rings (SSSR count). The van der Waals surface area contributed by atoms with Crippen LogP contribution < -0.4 is 11.1 Å². The van der Waals surface area contributed by atoms with Crippen molar-refractivity contribution in [1.82, 2.24) is 10.4 Å². The molecule has 0 aliphatic heterocycles. The molecule has 9 heteroatoms. The number of aliphatic hydroxyl groups is 1. The number of carbonyl (C=O) groups excluding carboxylic acids is 1. The number of rotatable bonds is 16. The van der Waals surface area contributed by atoms with Crippen LogP contribution in [-0.2, 0) is 20.8 Å². The molecular formula is C22H37N3O5S. The van der Waals surface area contributed by atoms with Crippen LogP contribution in [0.5, 0.6) is 0 Å². The second-order valence-electron chi connectivity index (χ2n) is 7.69. The molecule has 0 heterocycles. The molecule has 1 unspecified atom stereocenters. The lowest BCUT2D eigenvalue weighted by atomic mass is 9.93. The SMILES string of the molecule is CCCCCON(C(=O)CCc1ccccc1)[C@](NCC(N)CS)(C(=O)O)[C@H](C)CO. The number of aliphatic carboxylic acids is 1. The van der Waals surface area contributed by atoms with Crippen LogP contribution in [0, 0.1) is 5.92 Å². The fourth-order valence-electron chi connectivity index (χ4n) is 3.18. The lowest BCUT2D eigenvalue weighted by molar-refractivity contribution is -0.246. The quantitative estimate of drug-likeness (QED) is 0.111. The number of amides is 1. The summed E-state index contributed by atoms with van der Waals surface area (Å²) < 4.78 is 0. The maximum Gasteiger partial charge on any atom is 0.347 e. The standard InChI is InChI=1S/C22H37N3O5S/c1-3-4-8-13-30-25(20(27)12-11-18-9-6-5-7-10-18)22(21(28)29,17(2)15-26)24-14-19(23)16-31/h5-7,9-10,17,19,24,26,31H,3-4,8,11-16,23H2,1-2H3,(H,28,29)/t17-,19?,22+/m1/s1. The van der Waals surface area contributed by atoms with Gasteiger partial charge in [-0.15, -0.1) is 0 Å². The molecule has 0 saturated carbocycles. The monoisotopic (exact) mass is 455 g/mol. The zero-order valence-electron chi connectivity index (χ0n) is 18.5. The second kappa shape index (κ2) is 14.4. The lowest BCUT2D eigenvalue weighted by Crippen LogP contribution is -2.71. The van der Waals surface area contributed by atoms with Gasteiger partial charge in [-0.2, -0.15) is 17.7 Å².